The topological polar surface area (TPSA) is 116 Å². The Morgan fingerprint density at radius 1 is 1.18 bits per heavy atom. The summed E-state index contributed by atoms with van der Waals surface area (Å²) in [6.07, 6.45) is 4.31. The van der Waals surface area contributed by atoms with Gasteiger partial charge in [0.15, 0.2) is 17.3 Å². The summed E-state index contributed by atoms with van der Waals surface area (Å²) in [6.45, 7) is 0.527. The van der Waals surface area contributed by atoms with Gasteiger partial charge in [0.1, 0.15) is 0 Å². The number of carbonyl (C=O) groups excluding carboxylic acids is 2. The molecule has 2 amide bonds. The van der Waals surface area contributed by atoms with Crippen molar-refractivity contribution in [1.29, 1.82) is 0 Å². The Morgan fingerprint density at radius 3 is 2.57 bits per heavy atom. The van der Waals surface area contributed by atoms with Gasteiger partial charge in [0.2, 0.25) is 0 Å². The van der Waals surface area contributed by atoms with Crippen LogP contribution in [0.4, 0.5) is 5.69 Å². The van der Waals surface area contributed by atoms with Crippen molar-refractivity contribution in [1.82, 2.24) is 5.32 Å². The highest BCUT2D eigenvalue weighted by atomic mass is 16.5. The summed E-state index contributed by atoms with van der Waals surface area (Å²) >= 11 is 0. The smallest absolute Gasteiger partial charge is 0.291 e. The SMILES string of the molecule is COc1cc(NC(=O)c2ccco2)c(C(=O)NC2CCCC2CN)cc1OC. The van der Waals surface area contributed by atoms with Crippen LogP contribution < -0.4 is 25.8 Å². The number of hydrogen-bond acceptors (Lipinski definition) is 6. The van der Waals surface area contributed by atoms with Crippen LogP contribution in [0.5, 0.6) is 11.5 Å². The van der Waals surface area contributed by atoms with Crippen molar-refractivity contribution in [2.24, 2.45) is 11.7 Å². The minimum absolute atomic E-state index is 0.0132. The third kappa shape index (κ3) is 4.12. The molecule has 8 nitrogen and oxygen atoms in total. The Bertz CT molecular complexity index is 835. The second kappa shape index (κ2) is 8.79. The zero-order chi connectivity index (χ0) is 20.1. The van der Waals surface area contributed by atoms with E-state index in [1.54, 1.807) is 24.3 Å². The van der Waals surface area contributed by atoms with Crippen molar-refractivity contribution in [3.63, 3.8) is 0 Å². The second-order valence-electron chi connectivity index (χ2n) is 6.69. The van der Waals surface area contributed by atoms with Crippen LogP contribution in [0.3, 0.4) is 0 Å². The lowest BCUT2D eigenvalue weighted by molar-refractivity contribution is 0.0929. The normalized spacial score (nSPS) is 18.5. The van der Waals surface area contributed by atoms with Gasteiger partial charge in [-0.2, -0.15) is 0 Å². The summed E-state index contributed by atoms with van der Waals surface area (Å²) in [7, 11) is 2.97. The van der Waals surface area contributed by atoms with E-state index in [0.717, 1.165) is 19.3 Å². The molecule has 3 rings (SSSR count). The van der Waals surface area contributed by atoms with Gasteiger partial charge in [-0.3, -0.25) is 9.59 Å². The van der Waals surface area contributed by atoms with E-state index < -0.39 is 5.91 Å². The second-order valence-corrected chi connectivity index (χ2v) is 6.69. The molecule has 1 saturated carbocycles. The monoisotopic (exact) mass is 387 g/mol. The summed E-state index contributed by atoms with van der Waals surface area (Å²) in [5, 5.41) is 5.76. The maximum atomic E-state index is 13.0. The first kappa shape index (κ1) is 19.8. The summed E-state index contributed by atoms with van der Waals surface area (Å²) in [6, 6.07) is 6.28. The summed E-state index contributed by atoms with van der Waals surface area (Å²) < 4.78 is 15.7. The highest BCUT2D eigenvalue weighted by Crippen LogP contribution is 2.34. The van der Waals surface area contributed by atoms with Crippen LogP contribution in [0, 0.1) is 5.92 Å². The van der Waals surface area contributed by atoms with E-state index >= 15 is 0 Å². The zero-order valence-electron chi connectivity index (χ0n) is 16.0. The third-order valence-corrected chi connectivity index (χ3v) is 5.04. The van der Waals surface area contributed by atoms with Gasteiger partial charge in [-0.1, -0.05) is 6.42 Å². The van der Waals surface area contributed by atoms with Crippen molar-refractivity contribution in [3.8, 4) is 11.5 Å². The van der Waals surface area contributed by atoms with E-state index in [1.165, 1.54) is 20.5 Å². The van der Waals surface area contributed by atoms with Crippen LogP contribution in [0.1, 0.15) is 40.2 Å². The van der Waals surface area contributed by atoms with Crippen LogP contribution in [-0.4, -0.2) is 38.6 Å². The predicted molar refractivity (Wildman–Crippen MR) is 104 cm³/mol. The third-order valence-electron chi connectivity index (χ3n) is 5.04. The number of amides is 2. The zero-order valence-corrected chi connectivity index (χ0v) is 16.0. The summed E-state index contributed by atoms with van der Waals surface area (Å²) in [5.74, 6) is 0.415. The molecule has 150 valence electrons. The number of ether oxygens (including phenoxy) is 2. The average Bonchev–Trinajstić information content (AvgIpc) is 3.39. The molecule has 0 saturated heterocycles. The summed E-state index contributed by atoms with van der Waals surface area (Å²) in [4.78, 5) is 25.4. The van der Waals surface area contributed by atoms with Gasteiger partial charge in [0.05, 0.1) is 31.7 Å². The fraction of sp³-hybridized carbons (Fsp3) is 0.400. The van der Waals surface area contributed by atoms with Crippen LogP contribution in [0.15, 0.2) is 34.9 Å². The molecule has 1 aliphatic carbocycles. The van der Waals surface area contributed by atoms with Gasteiger partial charge >= 0.3 is 0 Å². The first-order valence-corrected chi connectivity index (χ1v) is 9.19. The largest absolute Gasteiger partial charge is 0.493 e. The molecule has 0 aliphatic heterocycles. The van der Waals surface area contributed by atoms with E-state index in [4.69, 9.17) is 19.6 Å². The highest BCUT2D eigenvalue weighted by Gasteiger charge is 2.29. The minimum atomic E-state index is -0.466. The van der Waals surface area contributed by atoms with E-state index in [2.05, 4.69) is 10.6 Å². The lowest BCUT2D eigenvalue weighted by Crippen LogP contribution is -2.40. The molecule has 2 aromatic rings. The maximum Gasteiger partial charge on any atom is 0.291 e. The van der Waals surface area contributed by atoms with Gasteiger partial charge in [-0.05, 0) is 43.5 Å². The van der Waals surface area contributed by atoms with Crippen molar-refractivity contribution in [2.75, 3.05) is 26.1 Å². The average molecular weight is 387 g/mol. The van der Waals surface area contributed by atoms with Gasteiger partial charge in [-0.25, -0.2) is 0 Å². The molecule has 1 aromatic carbocycles. The molecule has 8 heteroatoms. The van der Waals surface area contributed by atoms with E-state index in [0.29, 0.717) is 23.7 Å². The Kier molecular flexibility index (Phi) is 6.20. The fourth-order valence-electron chi connectivity index (χ4n) is 3.52. The van der Waals surface area contributed by atoms with Crippen molar-refractivity contribution in [3.05, 3.63) is 41.9 Å². The Morgan fingerprint density at radius 2 is 1.93 bits per heavy atom. The molecule has 28 heavy (non-hydrogen) atoms. The molecule has 0 radical (unpaired) electrons. The standard InChI is InChI=1S/C20H25N3O5/c1-26-17-9-13(19(24)22-14-6-3-5-12(14)11-21)15(10-18(17)27-2)23-20(25)16-7-4-8-28-16/h4,7-10,12,14H,3,5-6,11,21H2,1-2H3,(H,22,24)(H,23,25). The lowest BCUT2D eigenvalue weighted by atomic mass is 10.0. The van der Waals surface area contributed by atoms with Gasteiger partial charge in [0.25, 0.3) is 11.8 Å². The van der Waals surface area contributed by atoms with Crippen molar-refractivity contribution in [2.45, 2.75) is 25.3 Å². The predicted octanol–water partition coefficient (Wildman–Crippen LogP) is 2.41. The first-order chi connectivity index (χ1) is 13.6. The molecule has 1 heterocycles. The lowest BCUT2D eigenvalue weighted by Gasteiger charge is -2.21. The molecule has 0 bridgehead atoms. The number of furan rings is 1. The quantitative estimate of drug-likeness (QED) is 0.672. The molecule has 1 fully saturated rings. The number of methoxy groups -OCH3 is 2. The molecular weight excluding hydrogens is 362 g/mol. The van der Waals surface area contributed by atoms with Crippen LogP contribution in [0.25, 0.3) is 0 Å². The number of benzene rings is 1. The Hall–Kier alpha value is -3.00. The molecule has 1 aromatic heterocycles. The van der Waals surface area contributed by atoms with Crippen LogP contribution in [-0.2, 0) is 0 Å². The number of hydrogen-bond donors (Lipinski definition) is 3. The number of nitrogens with one attached hydrogen (secondary N) is 2. The van der Waals surface area contributed by atoms with E-state index in [9.17, 15) is 9.59 Å². The Labute approximate surface area is 163 Å². The first-order valence-electron chi connectivity index (χ1n) is 9.19. The van der Waals surface area contributed by atoms with Gasteiger partial charge in [0, 0.05) is 12.1 Å². The van der Waals surface area contributed by atoms with Gasteiger partial charge < -0.3 is 30.3 Å². The molecule has 2 atom stereocenters. The van der Waals surface area contributed by atoms with Crippen molar-refractivity contribution < 1.29 is 23.5 Å². The Balaban J connectivity index is 1.90. The molecule has 4 N–H and O–H groups in total. The van der Waals surface area contributed by atoms with Crippen molar-refractivity contribution >= 4 is 17.5 Å². The van der Waals surface area contributed by atoms with E-state index in [-0.39, 0.29) is 29.2 Å². The number of rotatable bonds is 7. The number of carbonyl (C=O) groups is 2. The van der Waals surface area contributed by atoms with Crippen LogP contribution >= 0.6 is 0 Å². The molecule has 1 aliphatic rings. The molecule has 2 unspecified atom stereocenters. The molecular formula is C20H25N3O5. The van der Waals surface area contributed by atoms with Gasteiger partial charge in [-0.15, -0.1) is 0 Å². The maximum absolute atomic E-state index is 13.0. The van der Waals surface area contributed by atoms with Crippen LogP contribution in [0.2, 0.25) is 0 Å². The minimum Gasteiger partial charge on any atom is -0.493 e. The fourth-order valence-corrected chi connectivity index (χ4v) is 3.52. The number of anilines is 1. The number of nitrogens with two attached hydrogens (primary N) is 1. The summed E-state index contributed by atoms with van der Waals surface area (Å²) in [5.41, 5.74) is 6.40. The highest BCUT2D eigenvalue weighted by molar-refractivity contribution is 6.08. The molecule has 0 spiro atoms. The van der Waals surface area contributed by atoms with E-state index in [1.807, 2.05) is 0 Å².